The van der Waals surface area contributed by atoms with E-state index < -0.39 is 0 Å². The van der Waals surface area contributed by atoms with E-state index in [-0.39, 0.29) is 17.0 Å². The van der Waals surface area contributed by atoms with Crippen molar-refractivity contribution in [2.75, 3.05) is 0 Å². The maximum atomic E-state index is 12.2. The molecule has 0 unspecified atom stereocenters. The average molecular weight is 274 g/mol. The molecule has 2 aromatic heterocycles. The Morgan fingerprint density at radius 3 is 2.75 bits per heavy atom. The summed E-state index contributed by atoms with van der Waals surface area (Å²) in [4.78, 5) is 31.3. The number of nitrogens with zero attached hydrogens (tertiary/aromatic N) is 2. The van der Waals surface area contributed by atoms with Crippen molar-refractivity contribution in [2.45, 2.75) is 33.9 Å². The minimum absolute atomic E-state index is 0.158. The molecule has 6 heteroatoms. The number of aromatic amines is 1. The van der Waals surface area contributed by atoms with Crippen molar-refractivity contribution >= 4 is 5.91 Å². The summed E-state index contributed by atoms with van der Waals surface area (Å²) in [7, 11) is 0. The van der Waals surface area contributed by atoms with Crippen LogP contribution in [0.3, 0.4) is 0 Å². The molecular weight excluding hydrogens is 256 g/mol. The lowest BCUT2D eigenvalue weighted by Gasteiger charge is -2.09. The van der Waals surface area contributed by atoms with Gasteiger partial charge in [0, 0.05) is 17.9 Å². The number of aromatic nitrogens is 3. The molecule has 106 valence electrons. The van der Waals surface area contributed by atoms with Gasteiger partial charge >= 0.3 is 0 Å². The fourth-order valence-corrected chi connectivity index (χ4v) is 2.06. The number of amides is 1. The predicted molar refractivity (Wildman–Crippen MR) is 75.6 cm³/mol. The summed E-state index contributed by atoms with van der Waals surface area (Å²) in [5.41, 5.74) is 2.41. The Morgan fingerprint density at radius 2 is 2.15 bits per heavy atom. The van der Waals surface area contributed by atoms with Crippen LogP contribution in [0.2, 0.25) is 0 Å². The summed E-state index contributed by atoms with van der Waals surface area (Å²) in [6.45, 7) is 6.45. The van der Waals surface area contributed by atoms with E-state index in [9.17, 15) is 9.59 Å². The molecule has 0 aliphatic rings. The zero-order chi connectivity index (χ0) is 14.7. The smallest absolute Gasteiger partial charge is 0.263 e. The van der Waals surface area contributed by atoms with Crippen molar-refractivity contribution in [1.82, 2.24) is 19.9 Å². The summed E-state index contributed by atoms with van der Waals surface area (Å²) in [6, 6.07) is 3.34. The number of imidazole rings is 1. The summed E-state index contributed by atoms with van der Waals surface area (Å²) in [5.74, 6) is -0.375. The summed E-state index contributed by atoms with van der Waals surface area (Å²) < 4.78 is 1.58. The van der Waals surface area contributed by atoms with Crippen molar-refractivity contribution in [1.29, 1.82) is 0 Å². The van der Waals surface area contributed by atoms with Gasteiger partial charge in [0.25, 0.3) is 11.5 Å². The van der Waals surface area contributed by atoms with Crippen LogP contribution in [0.1, 0.15) is 34.4 Å². The Labute approximate surface area is 116 Å². The molecule has 0 bridgehead atoms. The molecule has 0 saturated heterocycles. The van der Waals surface area contributed by atoms with Gasteiger partial charge in [-0.2, -0.15) is 0 Å². The van der Waals surface area contributed by atoms with Crippen LogP contribution in [-0.4, -0.2) is 20.4 Å². The van der Waals surface area contributed by atoms with Crippen LogP contribution in [0.15, 0.2) is 23.3 Å². The molecule has 20 heavy (non-hydrogen) atoms. The second kappa shape index (κ2) is 5.73. The van der Waals surface area contributed by atoms with Gasteiger partial charge in [0.15, 0.2) is 0 Å². The Balaban J connectivity index is 2.18. The zero-order valence-corrected chi connectivity index (χ0v) is 11.9. The SMILES string of the molecule is CCn1c(C)ccc(C(=O)NCc2nc[nH]c2C)c1=O. The number of hydrogen-bond acceptors (Lipinski definition) is 3. The molecule has 2 heterocycles. The first-order chi connectivity index (χ1) is 9.54. The number of hydrogen-bond donors (Lipinski definition) is 2. The molecule has 2 rings (SSSR count). The van der Waals surface area contributed by atoms with Gasteiger partial charge in [0.05, 0.1) is 18.6 Å². The third-order valence-electron chi connectivity index (χ3n) is 3.30. The Hall–Kier alpha value is -2.37. The highest BCUT2D eigenvalue weighted by molar-refractivity contribution is 5.93. The fraction of sp³-hybridized carbons (Fsp3) is 0.357. The number of pyridine rings is 1. The topological polar surface area (TPSA) is 79.8 Å². The molecule has 0 aromatic carbocycles. The lowest BCUT2D eigenvalue weighted by atomic mass is 10.2. The maximum Gasteiger partial charge on any atom is 0.263 e. The van der Waals surface area contributed by atoms with E-state index in [0.29, 0.717) is 13.1 Å². The molecule has 6 nitrogen and oxygen atoms in total. The molecular formula is C14H18N4O2. The molecule has 0 fully saturated rings. The van der Waals surface area contributed by atoms with Crippen LogP contribution in [-0.2, 0) is 13.1 Å². The third kappa shape index (κ3) is 2.64. The second-order valence-corrected chi connectivity index (χ2v) is 4.59. The van der Waals surface area contributed by atoms with Crippen molar-refractivity contribution in [2.24, 2.45) is 0 Å². The van der Waals surface area contributed by atoms with Gasteiger partial charge in [-0.1, -0.05) is 0 Å². The molecule has 0 spiro atoms. The van der Waals surface area contributed by atoms with Gasteiger partial charge in [0.2, 0.25) is 0 Å². The lowest BCUT2D eigenvalue weighted by molar-refractivity contribution is 0.0948. The molecule has 0 aliphatic heterocycles. The summed E-state index contributed by atoms with van der Waals surface area (Å²) in [6.07, 6.45) is 1.58. The Bertz CT molecular complexity index is 685. The van der Waals surface area contributed by atoms with Crippen molar-refractivity contribution < 1.29 is 4.79 Å². The number of carbonyl (C=O) groups is 1. The van der Waals surface area contributed by atoms with Crippen molar-refractivity contribution in [3.8, 4) is 0 Å². The number of nitrogens with one attached hydrogen (secondary N) is 2. The minimum atomic E-state index is -0.375. The van der Waals surface area contributed by atoms with Gasteiger partial charge in [0.1, 0.15) is 5.56 Å². The third-order valence-corrected chi connectivity index (χ3v) is 3.30. The van der Waals surface area contributed by atoms with Crippen LogP contribution in [0, 0.1) is 13.8 Å². The fourth-order valence-electron chi connectivity index (χ4n) is 2.06. The minimum Gasteiger partial charge on any atom is -0.348 e. The van der Waals surface area contributed by atoms with Crippen molar-refractivity contribution in [3.05, 3.63) is 51.5 Å². The number of aryl methyl sites for hydroxylation is 2. The molecule has 0 radical (unpaired) electrons. The first-order valence-corrected chi connectivity index (χ1v) is 6.52. The van der Waals surface area contributed by atoms with Crippen LogP contribution in [0.25, 0.3) is 0 Å². The zero-order valence-electron chi connectivity index (χ0n) is 11.9. The van der Waals surface area contributed by atoms with E-state index in [0.717, 1.165) is 17.1 Å². The monoisotopic (exact) mass is 274 g/mol. The van der Waals surface area contributed by atoms with Gasteiger partial charge < -0.3 is 14.9 Å². The van der Waals surface area contributed by atoms with Crippen molar-refractivity contribution in [3.63, 3.8) is 0 Å². The van der Waals surface area contributed by atoms with E-state index in [4.69, 9.17) is 0 Å². The second-order valence-electron chi connectivity index (χ2n) is 4.59. The van der Waals surface area contributed by atoms with E-state index in [2.05, 4.69) is 15.3 Å². The van der Waals surface area contributed by atoms with Crippen LogP contribution < -0.4 is 10.9 Å². The summed E-state index contributed by atoms with van der Waals surface area (Å²) >= 11 is 0. The van der Waals surface area contributed by atoms with E-state index in [1.165, 1.54) is 0 Å². The largest absolute Gasteiger partial charge is 0.348 e. The normalized spacial score (nSPS) is 10.6. The number of rotatable bonds is 4. The number of H-pyrrole nitrogens is 1. The first-order valence-electron chi connectivity index (χ1n) is 6.52. The Kier molecular flexibility index (Phi) is 4.02. The molecule has 0 saturated carbocycles. The highest BCUT2D eigenvalue weighted by Crippen LogP contribution is 2.02. The highest BCUT2D eigenvalue weighted by atomic mass is 16.2. The maximum absolute atomic E-state index is 12.2. The van der Waals surface area contributed by atoms with Gasteiger partial charge in [-0.05, 0) is 32.9 Å². The predicted octanol–water partition coefficient (Wildman–Crippen LogP) is 1.14. The van der Waals surface area contributed by atoms with Crippen LogP contribution >= 0.6 is 0 Å². The molecule has 0 atom stereocenters. The van der Waals surface area contributed by atoms with Crippen LogP contribution in [0.4, 0.5) is 0 Å². The first kappa shape index (κ1) is 14.0. The number of carbonyl (C=O) groups excluding carboxylic acids is 1. The van der Waals surface area contributed by atoms with Gasteiger partial charge in [-0.3, -0.25) is 9.59 Å². The van der Waals surface area contributed by atoms with E-state index in [1.54, 1.807) is 23.0 Å². The highest BCUT2D eigenvalue weighted by Gasteiger charge is 2.13. The van der Waals surface area contributed by atoms with Gasteiger partial charge in [-0.15, -0.1) is 0 Å². The quantitative estimate of drug-likeness (QED) is 0.877. The molecule has 2 aromatic rings. The van der Waals surface area contributed by atoms with Crippen LogP contribution in [0.5, 0.6) is 0 Å². The van der Waals surface area contributed by atoms with Gasteiger partial charge in [-0.25, -0.2) is 4.98 Å². The molecule has 1 amide bonds. The van der Waals surface area contributed by atoms with E-state index in [1.807, 2.05) is 20.8 Å². The summed E-state index contributed by atoms with van der Waals surface area (Å²) in [5, 5.41) is 2.72. The average Bonchev–Trinajstić information content (AvgIpc) is 2.82. The Morgan fingerprint density at radius 1 is 1.40 bits per heavy atom. The van der Waals surface area contributed by atoms with E-state index >= 15 is 0 Å². The standard InChI is InChI=1S/C14H18N4O2/c1-4-18-9(2)5-6-11(14(18)20)13(19)15-7-12-10(3)16-8-17-12/h5-6,8H,4,7H2,1-3H3,(H,15,19)(H,16,17). The molecule has 2 N–H and O–H groups in total. The molecule has 0 aliphatic carbocycles. The lowest BCUT2D eigenvalue weighted by Crippen LogP contribution is -2.33.